The summed E-state index contributed by atoms with van der Waals surface area (Å²) in [5.41, 5.74) is 0.755. The first-order valence-electron chi connectivity index (χ1n) is 8.14. The van der Waals surface area contributed by atoms with Crippen molar-refractivity contribution in [3.8, 4) is 0 Å². The molecule has 3 unspecified atom stereocenters. The highest BCUT2D eigenvalue weighted by molar-refractivity contribution is 6.31. The molecule has 2 heterocycles. The van der Waals surface area contributed by atoms with Crippen LogP contribution in [0.15, 0.2) is 24.3 Å². The van der Waals surface area contributed by atoms with Crippen molar-refractivity contribution in [1.29, 1.82) is 0 Å². The molecule has 2 amide bonds. The Morgan fingerprint density at radius 3 is 2.88 bits per heavy atom. The second-order valence-electron chi connectivity index (χ2n) is 6.40. The van der Waals surface area contributed by atoms with Crippen LogP contribution in [-0.2, 0) is 9.59 Å². The van der Waals surface area contributed by atoms with Gasteiger partial charge in [-0.25, -0.2) is 0 Å². The van der Waals surface area contributed by atoms with E-state index >= 15 is 0 Å². The Balaban J connectivity index is 0.00000208. The van der Waals surface area contributed by atoms with E-state index in [0.29, 0.717) is 23.9 Å². The highest BCUT2D eigenvalue weighted by atomic mass is 35.5. The predicted octanol–water partition coefficient (Wildman–Crippen LogP) is 2.23. The van der Waals surface area contributed by atoms with E-state index in [0.717, 1.165) is 25.2 Å². The second kappa shape index (κ2) is 8.19. The van der Waals surface area contributed by atoms with Crippen molar-refractivity contribution in [1.82, 2.24) is 10.6 Å². The van der Waals surface area contributed by atoms with E-state index in [9.17, 15) is 9.59 Å². The number of hydrogen-bond acceptors (Lipinski definition) is 3. The lowest BCUT2D eigenvalue weighted by Gasteiger charge is -2.30. The van der Waals surface area contributed by atoms with Crippen LogP contribution in [0.5, 0.6) is 0 Å². The molecule has 3 atom stereocenters. The smallest absolute Gasteiger partial charge is 0.239 e. The van der Waals surface area contributed by atoms with Gasteiger partial charge in [-0.05, 0) is 43.5 Å². The van der Waals surface area contributed by atoms with Crippen LogP contribution in [0.25, 0.3) is 0 Å². The molecule has 0 aromatic heterocycles. The van der Waals surface area contributed by atoms with Gasteiger partial charge in [-0.2, -0.15) is 0 Å². The number of amides is 2. The van der Waals surface area contributed by atoms with Gasteiger partial charge < -0.3 is 15.5 Å². The molecule has 5 nitrogen and oxygen atoms in total. The zero-order chi connectivity index (χ0) is 16.4. The summed E-state index contributed by atoms with van der Waals surface area (Å²) in [4.78, 5) is 26.7. The first kappa shape index (κ1) is 19.0. The number of anilines is 1. The Morgan fingerprint density at radius 1 is 1.38 bits per heavy atom. The highest BCUT2D eigenvalue weighted by Gasteiger charge is 2.38. The van der Waals surface area contributed by atoms with Crippen molar-refractivity contribution in [3.05, 3.63) is 29.3 Å². The Kier molecular flexibility index (Phi) is 6.49. The molecule has 24 heavy (non-hydrogen) atoms. The van der Waals surface area contributed by atoms with Gasteiger partial charge in [0.1, 0.15) is 5.92 Å². The standard InChI is InChI=1S/C17H22ClN3O2.ClH/c1-11-5-7-19-10-15(11)20-16(22)14-6-8-21(17(14)23)13-4-2-3-12(18)9-13;/h2-4,9,11,14-15,19H,5-8,10H2,1H3,(H,20,22);1H. The van der Waals surface area contributed by atoms with Crippen LogP contribution in [0.3, 0.4) is 0 Å². The Morgan fingerprint density at radius 2 is 2.17 bits per heavy atom. The molecule has 2 fully saturated rings. The maximum Gasteiger partial charge on any atom is 0.239 e. The van der Waals surface area contributed by atoms with Crippen LogP contribution in [-0.4, -0.2) is 37.5 Å². The lowest BCUT2D eigenvalue weighted by atomic mass is 9.94. The molecular weight excluding hydrogens is 349 g/mol. The van der Waals surface area contributed by atoms with Crippen LogP contribution in [0, 0.1) is 11.8 Å². The van der Waals surface area contributed by atoms with Crippen molar-refractivity contribution in [3.63, 3.8) is 0 Å². The number of piperidine rings is 1. The lowest BCUT2D eigenvalue weighted by Crippen LogP contribution is -2.52. The molecule has 1 aromatic carbocycles. The van der Waals surface area contributed by atoms with E-state index in [1.165, 1.54) is 0 Å². The van der Waals surface area contributed by atoms with Gasteiger partial charge in [0.05, 0.1) is 0 Å². The van der Waals surface area contributed by atoms with Crippen molar-refractivity contribution in [2.24, 2.45) is 11.8 Å². The van der Waals surface area contributed by atoms with E-state index in [-0.39, 0.29) is 30.3 Å². The molecule has 0 aliphatic carbocycles. The number of carbonyl (C=O) groups is 2. The minimum atomic E-state index is -0.594. The molecule has 1 aromatic rings. The third-order valence-electron chi connectivity index (χ3n) is 4.80. The maximum absolute atomic E-state index is 12.6. The van der Waals surface area contributed by atoms with E-state index in [2.05, 4.69) is 17.6 Å². The molecular formula is C17H23Cl2N3O2. The molecule has 7 heteroatoms. The predicted molar refractivity (Wildman–Crippen MR) is 97.7 cm³/mol. The molecule has 2 aliphatic rings. The summed E-state index contributed by atoms with van der Waals surface area (Å²) in [6.45, 7) is 4.44. The third-order valence-corrected chi connectivity index (χ3v) is 5.03. The molecule has 0 spiro atoms. The van der Waals surface area contributed by atoms with Gasteiger partial charge in [0.2, 0.25) is 11.8 Å². The monoisotopic (exact) mass is 371 g/mol. The summed E-state index contributed by atoms with van der Waals surface area (Å²) in [5, 5.41) is 6.93. The van der Waals surface area contributed by atoms with E-state index in [4.69, 9.17) is 11.6 Å². The molecule has 2 saturated heterocycles. The van der Waals surface area contributed by atoms with Crippen molar-refractivity contribution < 1.29 is 9.59 Å². The van der Waals surface area contributed by atoms with Gasteiger partial charge in [0.15, 0.2) is 0 Å². The number of nitrogens with zero attached hydrogens (tertiary/aromatic N) is 1. The summed E-state index contributed by atoms with van der Waals surface area (Å²) in [7, 11) is 0. The summed E-state index contributed by atoms with van der Waals surface area (Å²) < 4.78 is 0. The summed E-state index contributed by atoms with van der Waals surface area (Å²) >= 11 is 5.99. The van der Waals surface area contributed by atoms with Gasteiger partial charge >= 0.3 is 0 Å². The number of nitrogens with one attached hydrogen (secondary N) is 2. The largest absolute Gasteiger partial charge is 0.351 e. The molecule has 3 rings (SSSR count). The maximum atomic E-state index is 12.6. The Labute approximate surface area is 153 Å². The molecule has 0 radical (unpaired) electrons. The molecule has 2 aliphatic heterocycles. The lowest BCUT2D eigenvalue weighted by molar-refractivity contribution is -0.132. The second-order valence-corrected chi connectivity index (χ2v) is 6.83. The Bertz CT molecular complexity index is 611. The fourth-order valence-corrected chi connectivity index (χ4v) is 3.47. The number of benzene rings is 1. The van der Waals surface area contributed by atoms with Gasteiger partial charge in [-0.3, -0.25) is 9.59 Å². The number of carbonyl (C=O) groups excluding carboxylic acids is 2. The van der Waals surface area contributed by atoms with E-state index < -0.39 is 5.92 Å². The third kappa shape index (κ3) is 4.02. The van der Waals surface area contributed by atoms with Crippen LogP contribution in [0.1, 0.15) is 19.8 Å². The average molecular weight is 372 g/mol. The van der Waals surface area contributed by atoms with Crippen LogP contribution < -0.4 is 15.5 Å². The first-order valence-corrected chi connectivity index (χ1v) is 8.52. The fraction of sp³-hybridized carbons (Fsp3) is 0.529. The summed E-state index contributed by atoms with van der Waals surface area (Å²) in [5.74, 6) is -0.454. The first-order chi connectivity index (χ1) is 11.1. The van der Waals surface area contributed by atoms with Gasteiger partial charge in [0.25, 0.3) is 0 Å². The van der Waals surface area contributed by atoms with Crippen LogP contribution in [0.4, 0.5) is 5.69 Å². The molecule has 2 N–H and O–H groups in total. The van der Waals surface area contributed by atoms with Crippen LogP contribution >= 0.6 is 24.0 Å². The topological polar surface area (TPSA) is 61.4 Å². The quantitative estimate of drug-likeness (QED) is 0.800. The number of halogens is 2. The zero-order valence-electron chi connectivity index (χ0n) is 13.6. The van der Waals surface area contributed by atoms with Crippen molar-refractivity contribution in [2.75, 3.05) is 24.5 Å². The van der Waals surface area contributed by atoms with Crippen molar-refractivity contribution >= 4 is 41.5 Å². The average Bonchev–Trinajstić information content (AvgIpc) is 2.91. The molecule has 0 saturated carbocycles. The van der Waals surface area contributed by atoms with Gasteiger partial charge in [-0.1, -0.05) is 24.6 Å². The van der Waals surface area contributed by atoms with Crippen molar-refractivity contribution in [2.45, 2.75) is 25.8 Å². The van der Waals surface area contributed by atoms with Gasteiger partial charge in [0, 0.05) is 29.8 Å². The summed E-state index contributed by atoms with van der Waals surface area (Å²) in [6, 6.07) is 7.29. The summed E-state index contributed by atoms with van der Waals surface area (Å²) in [6.07, 6.45) is 1.59. The van der Waals surface area contributed by atoms with Crippen LogP contribution in [0.2, 0.25) is 5.02 Å². The Hall–Kier alpha value is -1.30. The van der Waals surface area contributed by atoms with E-state index in [1.54, 1.807) is 17.0 Å². The molecule has 132 valence electrons. The SMILES string of the molecule is CC1CCNCC1NC(=O)C1CCN(c2cccc(Cl)c2)C1=O.Cl. The minimum absolute atomic E-state index is 0. The zero-order valence-corrected chi connectivity index (χ0v) is 15.2. The minimum Gasteiger partial charge on any atom is -0.351 e. The fourth-order valence-electron chi connectivity index (χ4n) is 3.29. The molecule has 0 bridgehead atoms. The van der Waals surface area contributed by atoms with E-state index in [1.807, 2.05) is 12.1 Å². The normalized spacial score (nSPS) is 26.8. The highest BCUT2D eigenvalue weighted by Crippen LogP contribution is 2.27. The number of hydrogen-bond donors (Lipinski definition) is 2. The number of rotatable bonds is 3. The van der Waals surface area contributed by atoms with Gasteiger partial charge in [-0.15, -0.1) is 12.4 Å².